The fourth-order valence-corrected chi connectivity index (χ4v) is 4.76. The first-order valence-electron chi connectivity index (χ1n) is 12.3. The number of carbonyl (C=O) groups excluding carboxylic acids is 2. The molecule has 33 heavy (non-hydrogen) atoms. The molecular weight excluding hydrogens is 414 g/mol. The maximum Gasteiger partial charge on any atom is 0.241 e. The van der Waals surface area contributed by atoms with Crippen LogP contribution in [0.3, 0.4) is 0 Å². The first kappa shape index (κ1) is 23.3. The smallest absolute Gasteiger partial charge is 0.241 e. The zero-order valence-corrected chi connectivity index (χ0v) is 19.5. The Kier molecular flexibility index (Phi) is 8.00. The van der Waals surface area contributed by atoms with E-state index in [9.17, 15) is 9.59 Å². The fourth-order valence-electron chi connectivity index (χ4n) is 4.76. The van der Waals surface area contributed by atoms with E-state index in [0.717, 1.165) is 57.6 Å². The third kappa shape index (κ3) is 6.14. The van der Waals surface area contributed by atoms with Gasteiger partial charge in [-0.3, -0.25) is 14.5 Å². The lowest BCUT2D eigenvalue weighted by atomic mass is 9.94. The van der Waals surface area contributed by atoms with Gasteiger partial charge in [0.1, 0.15) is 5.75 Å². The minimum Gasteiger partial charge on any atom is -0.455 e. The quantitative estimate of drug-likeness (QED) is 0.680. The van der Waals surface area contributed by atoms with E-state index >= 15 is 0 Å². The third-order valence-electron chi connectivity index (χ3n) is 6.84. The molecule has 2 aliphatic heterocycles. The molecule has 0 aliphatic carbocycles. The van der Waals surface area contributed by atoms with Gasteiger partial charge in [0, 0.05) is 19.0 Å². The number of benzene rings is 2. The number of piperidine rings is 1. The highest BCUT2D eigenvalue weighted by atomic mass is 16.5. The summed E-state index contributed by atoms with van der Waals surface area (Å²) in [4.78, 5) is 30.3. The Balaban J connectivity index is 1.31. The van der Waals surface area contributed by atoms with Crippen molar-refractivity contribution in [1.82, 2.24) is 9.80 Å². The summed E-state index contributed by atoms with van der Waals surface area (Å²) in [6.07, 6.45) is 6.35. The van der Waals surface area contributed by atoms with Gasteiger partial charge in [0.2, 0.25) is 11.8 Å². The lowest BCUT2D eigenvalue weighted by Crippen LogP contribution is -2.48. The van der Waals surface area contributed by atoms with Gasteiger partial charge in [-0.1, -0.05) is 43.2 Å². The van der Waals surface area contributed by atoms with E-state index in [1.54, 1.807) is 0 Å². The minimum atomic E-state index is -0.274. The maximum atomic E-state index is 13.0. The van der Waals surface area contributed by atoms with E-state index in [-0.39, 0.29) is 17.9 Å². The van der Waals surface area contributed by atoms with Crippen LogP contribution in [0.1, 0.15) is 45.4 Å². The van der Waals surface area contributed by atoms with Crippen molar-refractivity contribution in [2.24, 2.45) is 5.92 Å². The van der Waals surface area contributed by atoms with Crippen LogP contribution in [0.25, 0.3) is 0 Å². The van der Waals surface area contributed by atoms with Gasteiger partial charge in [-0.15, -0.1) is 0 Å². The summed E-state index contributed by atoms with van der Waals surface area (Å²) in [5.74, 6) is 1.70. The second-order valence-electron chi connectivity index (χ2n) is 9.13. The predicted molar refractivity (Wildman–Crippen MR) is 130 cm³/mol. The summed E-state index contributed by atoms with van der Waals surface area (Å²) in [7, 11) is 0. The molecule has 1 atom stereocenters. The normalized spacial score (nSPS) is 18.9. The Hall–Kier alpha value is -2.86. The molecule has 2 aromatic carbocycles. The average molecular weight is 450 g/mol. The Morgan fingerprint density at radius 2 is 1.52 bits per heavy atom. The number of carbonyl (C=O) groups is 2. The van der Waals surface area contributed by atoms with Gasteiger partial charge < -0.3 is 15.0 Å². The number of nitrogens with zero attached hydrogens (tertiary/aromatic N) is 2. The van der Waals surface area contributed by atoms with Crippen molar-refractivity contribution in [2.75, 3.05) is 31.5 Å². The number of hydrogen-bond acceptors (Lipinski definition) is 4. The van der Waals surface area contributed by atoms with Crippen LogP contribution in [-0.4, -0.2) is 53.8 Å². The molecule has 2 aliphatic rings. The first-order chi connectivity index (χ1) is 16.1. The molecule has 0 aromatic heterocycles. The lowest BCUT2D eigenvalue weighted by Gasteiger charge is -2.36. The molecule has 1 unspecified atom stereocenters. The first-order valence-corrected chi connectivity index (χ1v) is 12.3. The highest BCUT2D eigenvalue weighted by Crippen LogP contribution is 2.30. The molecule has 4 rings (SSSR count). The molecule has 2 saturated heterocycles. The van der Waals surface area contributed by atoms with Crippen LogP contribution in [0.5, 0.6) is 11.5 Å². The summed E-state index contributed by atoms with van der Waals surface area (Å²) >= 11 is 0. The van der Waals surface area contributed by atoms with Crippen molar-refractivity contribution in [3.8, 4) is 11.5 Å². The van der Waals surface area contributed by atoms with Gasteiger partial charge in [0.15, 0.2) is 5.75 Å². The van der Waals surface area contributed by atoms with Crippen molar-refractivity contribution >= 4 is 17.5 Å². The van der Waals surface area contributed by atoms with Crippen molar-refractivity contribution in [2.45, 2.75) is 51.5 Å². The Morgan fingerprint density at radius 3 is 2.21 bits per heavy atom. The topological polar surface area (TPSA) is 61.9 Å². The largest absolute Gasteiger partial charge is 0.455 e. The number of anilines is 1. The van der Waals surface area contributed by atoms with E-state index in [4.69, 9.17) is 4.74 Å². The summed E-state index contributed by atoms with van der Waals surface area (Å²) in [6, 6.07) is 16.8. The predicted octanol–water partition coefficient (Wildman–Crippen LogP) is 4.92. The number of hydrogen-bond donors (Lipinski definition) is 1. The number of nitrogens with one attached hydrogen (secondary N) is 1. The van der Waals surface area contributed by atoms with E-state index < -0.39 is 0 Å². The van der Waals surface area contributed by atoms with Crippen molar-refractivity contribution in [3.05, 3.63) is 54.6 Å². The van der Waals surface area contributed by atoms with Gasteiger partial charge in [-0.05, 0) is 70.0 Å². The van der Waals surface area contributed by atoms with Gasteiger partial charge in [-0.2, -0.15) is 0 Å². The standard InChI is InChI=1S/C27H35N3O3/c1-21(29-19-15-22(16-20-29)27(32)30-17-9-2-3-10-18-30)26(31)28-24-13-7-8-14-25(24)33-23-11-5-4-6-12-23/h4-8,11-14,21-22H,2-3,9-10,15-20H2,1H3,(H,28,31). The van der Waals surface area contributed by atoms with Crippen LogP contribution >= 0.6 is 0 Å². The van der Waals surface area contributed by atoms with Crippen LogP contribution in [-0.2, 0) is 9.59 Å². The number of para-hydroxylation sites is 3. The van der Waals surface area contributed by atoms with E-state index in [2.05, 4.69) is 15.1 Å². The van der Waals surface area contributed by atoms with E-state index in [1.165, 1.54) is 12.8 Å². The molecule has 6 heteroatoms. The Morgan fingerprint density at radius 1 is 0.879 bits per heavy atom. The summed E-state index contributed by atoms with van der Waals surface area (Å²) < 4.78 is 5.97. The highest BCUT2D eigenvalue weighted by molar-refractivity contribution is 5.95. The van der Waals surface area contributed by atoms with Crippen LogP contribution in [0.4, 0.5) is 5.69 Å². The van der Waals surface area contributed by atoms with Crippen LogP contribution < -0.4 is 10.1 Å². The van der Waals surface area contributed by atoms with Crippen molar-refractivity contribution < 1.29 is 14.3 Å². The minimum absolute atomic E-state index is 0.0589. The second-order valence-corrected chi connectivity index (χ2v) is 9.13. The molecular formula is C27H35N3O3. The molecule has 0 radical (unpaired) electrons. The Labute approximate surface area is 196 Å². The SMILES string of the molecule is CC(C(=O)Nc1ccccc1Oc1ccccc1)N1CCC(C(=O)N2CCCCCC2)CC1. The molecule has 2 amide bonds. The molecule has 2 fully saturated rings. The van der Waals surface area contributed by atoms with Gasteiger partial charge >= 0.3 is 0 Å². The highest BCUT2D eigenvalue weighted by Gasteiger charge is 2.32. The third-order valence-corrected chi connectivity index (χ3v) is 6.84. The van der Waals surface area contributed by atoms with Gasteiger partial charge in [-0.25, -0.2) is 0 Å². The second kappa shape index (κ2) is 11.3. The Bertz CT molecular complexity index is 917. The van der Waals surface area contributed by atoms with Crippen LogP contribution in [0.2, 0.25) is 0 Å². The van der Waals surface area contributed by atoms with Crippen LogP contribution in [0.15, 0.2) is 54.6 Å². The van der Waals surface area contributed by atoms with Crippen molar-refractivity contribution in [1.29, 1.82) is 0 Å². The van der Waals surface area contributed by atoms with Crippen molar-refractivity contribution in [3.63, 3.8) is 0 Å². The molecule has 2 aromatic rings. The lowest BCUT2D eigenvalue weighted by molar-refractivity contribution is -0.137. The summed E-state index contributed by atoms with van der Waals surface area (Å²) in [6.45, 7) is 5.28. The number of likely N-dealkylation sites (tertiary alicyclic amines) is 2. The molecule has 6 nitrogen and oxygen atoms in total. The monoisotopic (exact) mass is 449 g/mol. The van der Waals surface area contributed by atoms with Gasteiger partial charge in [0.05, 0.1) is 11.7 Å². The molecule has 2 heterocycles. The summed E-state index contributed by atoms with van der Waals surface area (Å²) in [5.41, 5.74) is 0.657. The number of rotatable bonds is 6. The molecule has 0 spiro atoms. The fraction of sp³-hybridized carbons (Fsp3) is 0.481. The van der Waals surface area contributed by atoms with E-state index in [1.807, 2.05) is 61.5 Å². The number of amides is 2. The van der Waals surface area contributed by atoms with Gasteiger partial charge in [0.25, 0.3) is 0 Å². The zero-order chi connectivity index (χ0) is 23.0. The maximum absolute atomic E-state index is 13.0. The zero-order valence-electron chi connectivity index (χ0n) is 19.5. The number of ether oxygens (including phenoxy) is 1. The molecule has 176 valence electrons. The van der Waals surface area contributed by atoms with E-state index in [0.29, 0.717) is 17.3 Å². The van der Waals surface area contributed by atoms with Crippen LogP contribution in [0, 0.1) is 5.92 Å². The molecule has 1 N–H and O–H groups in total. The molecule has 0 bridgehead atoms. The average Bonchev–Trinajstić information content (AvgIpc) is 3.15. The molecule has 0 saturated carbocycles. The summed E-state index contributed by atoms with van der Waals surface area (Å²) in [5, 5.41) is 3.04.